The molecule has 3 N–H and O–H groups in total. The summed E-state index contributed by atoms with van der Waals surface area (Å²) in [7, 11) is 0. The van der Waals surface area contributed by atoms with Gasteiger partial charge in [0, 0.05) is 31.7 Å². The van der Waals surface area contributed by atoms with E-state index >= 15 is 0 Å². The lowest BCUT2D eigenvalue weighted by atomic mass is 10.0. The maximum atomic E-state index is 12.1. The van der Waals surface area contributed by atoms with Crippen molar-refractivity contribution in [2.24, 2.45) is 5.73 Å². The normalized spacial score (nSPS) is 23.5. The van der Waals surface area contributed by atoms with Gasteiger partial charge < -0.3 is 15.4 Å². The molecule has 0 amide bonds. The molecule has 2 atom stereocenters. The van der Waals surface area contributed by atoms with Crippen molar-refractivity contribution in [3.05, 3.63) is 46.8 Å². The number of aliphatic hydroxyl groups excluding tert-OH is 1. The molecule has 2 heterocycles. The zero-order chi connectivity index (χ0) is 14.8. The Kier molecular flexibility index (Phi) is 4.05. The number of fused-ring (bicyclic) bond motifs is 1. The number of nitrogens with zero attached hydrogens (tertiary/aromatic N) is 2. The second-order valence-corrected chi connectivity index (χ2v) is 5.70. The Bertz CT molecular complexity index is 683. The van der Waals surface area contributed by atoms with E-state index in [9.17, 15) is 9.90 Å². The highest BCUT2D eigenvalue weighted by Gasteiger charge is 2.24. The lowest BCUT2D eigenvalue weighted by molar-refractivity contribution is 0.0520. The van der Waals surface area contributed by atoms with Crippen LogP contribution in [-0.4, -0.2) is 46.4 Å². The van der Waals surface area contributed by atoms with Crippen molar-refractivity contribution in [1.82, 2.24) is 9.47 Å². The second kappa shape index (κ2) is 5.97. The number of nitrogens with two attached hydrogens (primary N) is 1. The Morgan fingerprint density at radius 2 is 2.00 bits per heavy atom. The molecule has 5 heteroatoms. The fourth-order valence-corrected chi connectivity index (χ4v) is 2.93. The fraction of sp³-hybridized carbons (Fsp3) is 0.438. The number of benzene rings is 1. The van der Waals surface area contributed by atoms with Crippen LogP contribution in [0.25, 0.3) is 10.9 Å². The van der Waals surface area contributed by atoms with Crippen LogP contribution in [0, 0.1) is 0 Å². The molecule has 0 radical (unpaired) electrons. The first-order valence-corrected chi connectivity index (χ1v) is 7.40. The van der Waals surface area contributed by atoms with Crippen molar-refractivity contribution in [2.45, 2.75) is 25.1 Å². The SMILES string of the molecule is N[C@H]1CCN(CCn2c(=O)ccc3ccccc32)C[C@H]1O. The predicted octanol–water partition coefficient (Wildman–Crippen LogP) is 0.395. The lowest BCUT2D eigenvalue weighted by Crippen LogP contribution is -2.51. The Morgan fingerprint density at radius 1 is 1.19 bits per heavy atom. The molecule has 1 saturated heterocycles. The predicted molar refractivity (Wildman–Crippen MR) is 83.2 cm³/mol. The number of pyridine rings is 1. The van der Waals surface area contributed by atoms with Gasteiger partial charge in [0.1, 0.15) is 0 Å². The molecule has 1 aromatic heterocycles. The van der Waals surface area contributed by atoms with Crippen molar-refractivity contribution in [2.75, 3.05) is 19.6 Å². The summed E-state index contributed by atoms with van der Waals surface area (Å²) in [5, 5.41) is 10.9. The van der Waals surface area contributed by atoms with Gasteiger partial charge in [-0.2, -0.15) is 0 Å². The standard InChI is InChI=1S/C16H21N3O2/c17-13-7-8-18(11-15(13)20)9-10-19-14-4-2-1-3-12(14)5-6-16(19)21/h1-6,13,15,20H,7-11,17H2/t13-,15+/m0/s1. The number of para-hydroxylation sites is 1. The lowest BCUT2D eigenvalue weighted by Gasteiger charge is -2.34. The molecule has 112 valence electrons. The third kappa shape index (κ3) is 3.00. The van der Waals surface area contributed by atoms with Gasteiger partial charge in [0.2, 0.25) is 0 Å². The number of aliphatic hydroxyl groups is 1. The van der Waals surface area contributed by atoms with Gasteiger partial charge >= 0.3 is 0 Å². The van der Waals surface area contributed by atoms with Gasteiger partial charge in [-0.3, -0.25) is 9.69 Å². The monoisotopic (exact) mass is 287 g/mol. The number of likely N-dealkylation sites (tertiary alicyclic amines) is 1. The Labute approximate surface area is 123 Å². The van der Waals surface area contributed by atoms with Crippen LogP contribution in [0.5, 0.6) is 0 Å². The fourth-order valence-electron chi connectivity index (χ4n) is 2.93. The molecule has 1 aliphatic heterocycles. The van der Waals surface area contributed by atoms with Crippen molar-refractivity contribution >= 4 is 10.9 Å². The molecule has 1 aromatic carbocycles. The van der Waals surface area contributed by atoms with Crippen molar-refractivity contribution in [3.63, 3.8) is 0 Å². The van der Waals surface area contributed by atoms with Gasteiger partial charge in [-0.15, -0.1) is 0 Å². The summed E-state index contributed by atoms with van der Waals surface area (Å²) >= 11 is 0. The van der Waals surface area contributed by atoms with E-state index in [0.717, 1.165) is 30.4 Å². The zero-order valence-electron chi connectivity index (χ0n) is 12.0. The Hall–Kier alpha value is -1.69. The number of rotatable bonds is 3. The summed E-state index contributed by atoms with van der Waals surface area (Å²) in [6, 6.07) is 11.2. The average Bonchev–Trinajstić information content (AvgIpc) is 2.50. The van der Waals surface area contributed by atoms with Gasteiger partial charge in [0.05, 0.1) is 11.6 Å². The van der Waals surface area contributed by atoms with E-state index in [2.05, 4.69) is 4.90 Å². The van der Waals surface area contributed by atoms with Crippen LogP contribution < -0.4 is 11.3 Å². The molecule has 5 nitrogen and oxygen atoms in total. The van der Waals surface area contributed by atoms with Crippen LogP contribution in [0.2, 0.25) is 0 Å². The zero-order valence-corrected chi connectivity index (χ0v) is 12.0. The molecule has 1 fully saturated rings. The van der Waals surface area contributed by atoms with Gasteiger partial charge in [-0.25, -0.2) is 0 Å². The number of hydrogen-bond acceptors (Lipinski definition) is 4. The number of piperidine rings is 1. The average molecular weight is 287 g/mol. The van der Waals surface area contributed by atoms with Crippen LogP contribution in [0.1, 0.15) is 6.42 Å². The van der Waals surface area contributed by atoms with Crippen LogP contribution in [0.3, 0.4) is 0 Å². The molecule has 0 spiro atoms. The maximum Gasteiger partial charge on any atom is 0.251 e. The van der Waals surface area contributed by atoms with E-state index in [1.165, 1.54) is 0 Å². The van der Waals surface area contributed by atoms with E-state index in [4.69, 9.17) is 5.73 Å². The van der Waals surface area contributed by atoms with E-state index < -0.39 is 6.10 Å². The largest absolute Gasteiger partial charge is 0.390 e. The Balaban J connectivity index is 1.76. The van der Waals surface area contributed by atoms with Crippen molar-refractivity contribution < 1.29 is 5.11 Å². The first-order valence-electron chi connectivity index (χ1n) is 7.40. The molecule has 2 aromatic rings. The molecular weight excluding hydrogens is 266 g/mol. The molecule has 21 heavy (non-hydrogen) atoms. The third-order valence-electron chi connectivity index (χ3n) is 4.26. The summed E-state index contributed by atoms with van der Waals surface area (Å²) in [5.41, 5.74) is 6.79. The molecule has 1 aliphatic rings. The molecule has 0 bridgehead atoms. The highest BCUT2D eigenvalue weighted by atomic mass is 16.3. The number of hydrogen-bond donors (Lipinski definition) is 2. The molecule has 3 rings (SSSR count). The smallest absolute Gasteiger partial charge is 0.251 e. The summed E-state index contributed by atoms with van der Waals surface area (Å²) < 4.78 is 1.80. The summed E-state index contributed by atoms with van der Waals surface area (Å²) in [4.78, 5) is 14.3. The quantitative estimate of drug-likeness (QED) is 0.857. The van der Waals surface area contributed by atoms with Gasteiger partial charge in [-0.05, 0) is 30.5 Å². The van der Waals surface area contributed by atoms with Gasteiger partial charge in [-0.1, -0.05) is 18.2 Å². The van der Waals surface area contributed by atoms with Crippen LogP contribution in [0.15, 0.2) is 41.2 Å². The minimum Gasteiger partial charge on any atom is -0.390 e. The molecular formula is C16H21N3O2. The second-order valence-electron chi connectivity index (χ2n) is 5.70. The molecule has 0 unspecified atom stereocenters. The van der Waals surface area contributed by atoms with Crippen LogP contribution >= 0.6 is 0 Å². The maximum absolute atomic E-state index is 12.1. The Morgan fingerprint density at radius 3 is 2.81 bits per heavy atom. The topological polar surface area (TPSA) is 71.5 Å². The number of aromatic nitrogens is 1. The van der Waals surface area contributed by atoms with Gasteiger partial charge in [0.25, 0.3) is 5.56 Å². The molecule has 0 aliphatic carbocycles. The minimum absolute atomic E-state index is 0.0166. The van der Waals surface area contributed by atoms with E-state index in [1.807, 2.05) is 30.3 Å². The highest BCUT2D eigenvalue weighted by molar-refractivity contribution is 5.78. The van der Waals surface area contributed by atoms with E-state index in [-0.39, 0.29) is 11.6 Å². The minimum atomic E-state index is -0.469. The van der Waals surface area contributed by atoms with E-state index in [1.54, 1.807) is 10.6 Å². The summed E-state index contributed by atoms with van der Waals surface area (Å²) in [6.45, 7) is 2.83. The molecule has 0 saturated carbocycles. The third-order valence-corrected chi connectivity index (χ3v) is 4.26. The van der Waals surface area contributed by atoms with Crippen molar-refractivity contribution in [1.29, 1.82) is 0 Å². The first kappa shape index (κ1) is 14.3. The first-order chi connectivity index (χ1) is 10.1. The summed E-state index contributed by atoms with van der Waals surface area (Å²) in [5.74, 6) is 0. The summed E-state index contributed by atoms with van der Waals surface area (Å²) in [6.07, 6.45) is 0.328. The number of β-amino-alcohol motifs (C(OH)–C–C–N with tert-alkyl or cyclic N) is 1. The van der Waals surface area contributed by atoms with Crippen LogP contribution in [-0.2, 0) is 6.54 Å². The van der Waals surface area contributed by atoms with E-state index in [0.29, 0.717) is 13.1 Å². The van der Waals surface area contributed by atoms with Gasteiger partial charge in [0.15, 0.2) is 0 Å². The van der Waals surface area contributed by atoms with Crippen LogP contribution in [0.4, 0.5) is 0 Å². The van der Waals surface area contributed by atoms with Crippen molar-refractivity contribution in [3.8, 4) is 0 Å². The highest BCUT2D eigenvalue weighted by Crippen LogP contribution is 2.12.